The van der Waals surface area contributed by atoms with Crippen molar-refractivity contribution >= 4 is 29.0 Å². The Kier molecular flexibility index (Phi) is 4.70. The van der Waals surface area contributed by atoms with E-state index >= 15 is 0 Å². The van der Waals surface area contributed by atoms with Crippen LogP contribution in [-0.2, 0) is 0 Å². The third-order valence-corrected chi connectivity index (χ3v) is 4.96. The second kappa shape index (κ2) is 6.83. The lowest BCUT2D eigenvalue weighted by molar-refractivity contribution is -0.384. The van der Waals surface area contributed by atoms with E-state index in [1.807, 2.05) is 6.92 Å². The van der Waals surface area contributed by atoms with E-state index in [1.165, 1.54) is 29.6 Å². The molecule has 140 valence electrons. The van der Waals surface area contributed by atoms with Crippen LogP contribution in [0.2, 0.25) is 0 Å². The fourth-order valence-electron chi connectivity index (χ4n) is 3.25. The van der Waals surface area contributed by atoms with Gasteiger partial charge in [-0.2, -0.15) is 5.10 Å². The molecule has 0 unspecified atom stereocenters. The maximum absolute atomic E-state index is 11.1. The van der Waals surface area contributed by atoms with Gasteiger partial charge in [0.25, 0.3) is 0 Å². The van der Waals surface area contributed by atoms with Crippen molar-refractivity contribution in [1.29, 1.82) is 0 Å². The molecule has 1 aliphatic rings. The Morgan fingerprint density at radius 1 is 1.33 bits per heavy atom. The highest BCUT2D eigenvalue weighted by molar-refractivity contribution is 5.89. The average molecular weight is 365 g/mol. The third kappa shape index (κ3) is 3.53. The smallest absolute Gasteiger partial charge is 0.313 e. The molecule has 0 aliphatic carbocycles. The SMILES string of the molecule is CC1=CC(C)(C)N(C)c2cc(C)c(/C=N/Nc3ncccc3[N+](=O)[O-])cc21. The fourth-order valence-corrected chi connectivity index (χ4v) is 3.25. The number of nitrogens with zero attached hydrogens (tertiary/aromatic N) is 4. The molecule has 1 aromatic heterocycles. The van der Waals surface area contributed by atoms with Crippen LogP contribution < -0.4 is 10.3 Å². The van der Waals surface area contributed by atoms with Crippen molar-refractivity contribution in [2.24, 2.45) is 5.10 Å². The molecule has 0 radical (unpaired) electrons. The number of anilines is 2. The van der Waals surface area contributed by atoms with Crippen LogP contribution >= 0.6 is 0 Å². The van der Waals surface area contributed by atoms with Gasteiger partial charge in [0.05, 0.1) is 16.7 Å². The van der Waals surface area contributed by atoms with E-state index in [4.69, 9.17) is 0 Å². The molecule has 0 spiro atoms. The van der Waals surface area contributed by atoms with Gasteiger partial charge in [-0.15, -0.1) is 0 Å². The van der Waals surface area contributed by atoms with Crippen LogP contribution in [-0.4, -0.2) is 28.7 Å². The maximum Gasteiger partial charge on any atom is 0.313 e. The second-order valence-corrected chi connectivity index (χ2v) is 7.26. The molecule has 1 N–H and O–H groups in total. The van der Waals surface area contributed by atoms with E-state index in [1.54, 1.807) is 6.21 Å². The number of pyridine rings is 1. The highest BCUT2D eigenvalue weighted by Gasteiger charge is 2.28. The lowest BCUT2D eigenvalue weighted by Crippen LogP contribution is -2.42. The van der Waals surface area contributed by atoms with Gasteiger partial charge < -0.3 is 4.90 Å². The molecule has 0 bridgehead atoms. The standard InChI is InChI=1S/C20H23N5O2/c1-13-9-18-16(14(2)11-20(3,4)24(18)5)10-15(13)12-22-23-19-17(25(26)27)7-6-8-21-19/h6-12H,1-5H3,(H,21,23)/b22-12+. The number of nitro groups is 1. The molecule has 1 aliphatic heterocycles. The molecular weight excluding hydrogens is 342 g/mol. The van der Waals surface area contributed by atoms with Crippen molar-refractivity contribution in [1.82, 2.24) is 4.98 Å². The predicted octanol–water partition coefficient (Wildman–Crippen LogP) is 4.38. The third-order valence-electron chi connectivity index (χ3n) is 4.96. The number of likely N-dealkylation sites (N-methyl/N-ethyl adjacent to an activating group) is 1. The highest BCUT2D eigenvalue weighted by Crippen LogP contribution is 2.38. The lowest BCUT2D eigenvalue weighted by atomic mass is 9.87. The number of nitrogens with one attached hydrogen (secondary N) is 1. The topological polar surface area (TPSA) is 83.7 Å². The number of allylic oxidation sites excluding steroid dienone is 1. The number of fused-ring (bicyclic) bond motifs is 1. The van der Waals surface area contributed by atoms with E-state index < -0.39 is 4.92 Å². The summed E-state index contributed by atoms with van der Waals surface area (Å²) < 4.78 is 0. The Bertz CT molecular complexity index is 963. The van der Waals surface area contributed by atoms with Crippen LogP contribution in [0.4, 0.5) is 17.2 Å². The van der Waals surface area contributed by atoms with Gasteiger partial charge in [-0.05, 0) is 62.6 Å². The van der Waals surface area contributed by atoms with E-state index in [0.29, 0.717) is 0 Å². The molecule has 0 saturated carbocycles. The zero-order valence-corrected chi connectivity index (χ0v) is 16.1. The molecule has 7 nitrogen and oxygen atoms in total. The summed E-state index contributed by atoms with van der Waals surface area (Å²) in [4.78, 5) is 16.8. The lowest BCUT2D eigenvalue weighted by Gasteiger charge is -2.41. The van der Waals surface area contributed by atoms with Crippen molar-refractivity contribution in [2.75, 3.05) is 17.4 Å². The zero-order valence-electron chi connectivity index (χ0n) is 16.1. The van der Waals surface area contributed by atoms with E-state index in [0.717, 1.165) is 16.7 Å². The summed E-state index contributed by atoms with van der Waals surface area (Å²) in [6.45, 7) is 8.51. The summed E-state index contributed by atoms with van der Waals surface area (Å²) in [6, 6.07) is 7.16. The number of benzene rings is 1. The molecule has 27 heavy (non-hydrogen) atoms. The summed E-state index contributed by atoms with van der Waals surface area (Å²) in [7, 11) is 2.09. The number of aromatic nitrogens is 1. The molecule has 0 fully saturated rings. The van der Waals surface area contributed by atoms with Gasteiger partial charge in [-0.25, -0.2) is 4.98 Å². The summed E-state index contributed by atoms with van der Waals surface area (Å²) in [5.74, 6) is 0.118. The minimum absolute atomic E-state index is 0.0431. The van der Waals surface area contributed by atoms with Crippen LogP contribution in [0.15, 0.2) is 41.6 Å². The summed E-state index contributed by atoms with van der Waals surface area (Å²) in [6.07, 6.45) is 5.41. The first-order valence-electron chi connectivity index (χ1n) is 8.67. The van der Waals surface area contributed by atoms with Gasteiger partial charge in [-0.1, -0.05) is 6.08 Å². The molecule has 0 amide bonds. The predicted molar refractivity (Wildman–Crippen MR) is 109 cm³/mol. The first kappa shape index (κ1) is 18.6. The zero-order chi connectivity index (χ0) is 19.8. The van der Waals surface area contributed by atoms with Gasteiger partial charge >= 0.3 is 5.69 Å². The number of rotatable bonds is 4. The first-order valence-corrected chi connectivity index (χ1v) is 8.67. The monoisotopic (exact) mass is 365 g/mol. The van der Waals surface area contributed by atoms with Gasteiger partial charge in [-0.3, -0.25) is 15.5 Å². The molecule has 0 saturated heterocycles. The normalized spacial score (nSPS) is 15.4. The van der Waals surface area contributed by atoms with Crippen LogP contribution in [0, 0.1) is 17.0 Å². The fraction of sp³-hybridized carbons (Fsp3) is 0.300. The van der Waals surface area contributed by atoms with Crippen LogP contribution in [0.1, 0.15) is 37.5 Å². The number of hydrogen-bond acceptors (Lipinski definition) is 6. The molecular formula is C20H23N5O2. The Morgan fingerprint density at radius 3 is 2.78 bits per heavy atom. The first-order chi connectivity index (χ1) is 12.7. The van der Waals surface area contributed by atoms with Crippen molar-refractivity contribution in [2.45, 2.75) is 33.2 Å². The number of hydrogen-bond donors (Lipinski definition) is 1. The molecule has 1 aromatic carbocycles. The van der Waals surface area contributed by atoms with Crippen molar-refractivity contribution < 1.29 is 4.92 Å². The minimum atomic E-state index is -0.485. The largest absolute Gasteiger partial charge is 0.365 e. The average Bonchev–Trinajstić information content (AvgIpc) is 2.60. The van der Waals surface area contributed by atoms with E-state index in [-0.39, 0.29) is 17.0 Å². The van der Waals surface area contributed by atoms with Crippen LogP contribution in [0.25, 0.3) is 5.57 Å². The van der Waals surface area contributed by atoms with Crippen molar-refractivity contribution in [3.63, 3.8) is 0 Å². The van der Waals surface area contributed by atoms with Gasteiger partial charge in [0.15, 0.2) is 0 Å². The summed E-state index contributed by atoms with van der Waals surface area (Å²) in [5, 5.41) is 15.2. The quantitative estimate of drug-likeness (QED) is 0.494. The molecule has 3 rings (SSSR count). The Labute approximate surface area is 158 Å². The Morgan fingerprint density at radius 2 is 2.07 bits per heavy atom. The highest BCUT2D eigenvalue weighted by atomic mass is 16.6. The molecule has 0 atom stereocenters. The molecule has 2 aromatic rings. The van der Waals surface area contributed by atoms with Gasteiger partial charge in [0.2, 0.25) is 5.82 Å². The number of aryl methyl sites for hydroxylation is 1. The van der Waals surface area contributed by atoms with Gasteiger partial charge in [0, 0.05) is 30.6 Å². The summed E-state index contributed by atoms with van der Waals surface area (Å²) >= 11 is 0. The van der Waals surface area contributed by atoms with E-state index in [2.05, 4.69) is 66.4 Å². The van der Waals surface area contributed by atoms with Crippen LogP contribution in [0.5, 0.6) is 0 Å². The van der Waals surface area contributed by atoms with Gasteiger partial charge in [0.1, 0.15) is 0 Å². The second-order valence-electron chi connectivity index (χ2n) is 7.26. The molecule has 7 heteroatoms. The maximum atomic E-state index is 11.1. The van der Waals surface area contributed by atoms with Crippen molar-refractivity contribution in [3.8, 4) is 0 Å². The van der Waals surface area contributed by atoms with E-state index in [9.17, 15) is 10.1 Å². The molecule has 2 heterocycles. The summed E-state index contributed by atoms with van der Waals surface area (Å²) in [5.41, 5.74) is 8.10. The Balaban J connectivity index is 1.91. The minimum Gasteiger partial charge on any atom is -0.365 e. The van der Waals surface area contributed by atoms with Crippen molar-refractivity contribution in [3.05, 3.63) is 63.3 Å². The Hall–Kier alpha value is -3.22. The number of hydrazone groups is 1. The van der Waals surface area contributed by atoms with Crippen LogP contribution in [0.3, 0.4) is 0 Å².